The monoisotopic (exact) mass is 359 g/mol. The van der Waals surface area contributed by atoms with Gasteiger partial charge in [-0.2, -0.15) is 15.0 Å². The fourth-order valence-electron chi connectivity index (χ4n) is 1.98. The van der Waals surface area contributed by atoms with Gasteiger partial charge in [0.15, 0.2) is 5.82 Å². The number of carbonyl (C=O) groups is 1. The second kappa shape index (κ2) is 6.82. The Kier molecular flexibility index (Phi) is 4.59. The molecule has 0 saturated heterocycles. The Morgan fingerprint density at radius 3 is 2.42 bits per heavy atom. The number of hydrogen-bond donors (Lipinski definition) is 2. The van der Waals surface area contributed by atoms with Crippen molar-refractivity contribution in [1.29, 1.82) is 0 Å². The number of carbonyl (C=O) groups excluding carboxylic acids is 1. The molecule has 0 saturated carbocycles. The summed E-state index contributed by atoms with van der Waals surface area (Å²) in [5.41, 5.74) is 6.79. The lowest BCUT2D eigenvalue weighted by atomic mass is 10.2. The Labute approximate surface area is 147 Å². The minimum Gasteiger partial charge on any atom is -0.368 e. The van der Waals surface area contributed by atoms with E-state index in [1.807, 2.05) is 6.07 Å². The molecule has 0 aliphatic heterocycles. The Hall–Kier alpha value is -2.70. The molecule has 1 aromatic heterocycles. The van der Waals surface area contributed by atoms with Crippen LogP contribution in [0.5, 0.6) is 0 Å². The van der Waals surface area contributed by atoms with Crippen molar-refractivity contribution in [2.45, 2.75) is 0 Å². The highest BCUT2D eigenvalue weighted by Gasteiger charge is 2.12. The van der Waals surface area contributed by atoms with Crippen molar-refractivity contribution in [2.24, 2.45) is 0 Å². The fraction of sp³-hybridized carbons (Fsp3) is 0. The van der Waals surface area contributed by atoms with Gasteiger partial charge < -0.3 is 5.73 Å². The third-order valence-electron chi connectivity index (χ3n) is 3.09. The maximum absolute atomic E-state index is 12.2. The van der Waals surface area contributed by atoms with Crippen LogP contribution in [-0.2, 0) is 0 Å². The van der Waals surface area contributed by atoms with Crippen LogP contribution in [0.2, 0.25) is 10.0 Å². The van der Waals surface area contributed by atoms with E-state index in [2.05, 4.69) is 20.3 Å². The van der Waals surface area contributed by atoms with Crippen LogP contribution in [0.1, 0.15) is 10.4 Å². The van der Waals surface area contributed by atoms with Crippen molar-refractivity contribution in [3.63, 3.8) is 0 Å². The number of nitrogens with one attached hydrogen (secondary N) is 1. The molecule has 3 rings (SSSR count). The molecular formula is C16H11Cl2N5O. The van der Waals surface area contributed by atoms with Crippen LogP contribution < -0.4 is 11.1 Å². The third kappa shape index (κ3) is 3.61. The van der Waals surface area contributed by atoms with Crippen molar-refractivity contribution >= 4 is 41.0 Å². The van der Waals surface area contributed by atoms with Crippen molar-refractivity contribution in [3.05, 3.63) is 64.1 Å². The van der Waals surface area contributed by atoms with Crippen LogP contribution in [0.3, 0.4) is 0 Å². The van der Waals surface area contributed by atoms with Crippen LogP contribution in [0.15, 0.2) is 48.5 Å². The largest absolute Gasteiger partial charge is 0.368 e. The maximum atomic E-state index is 12.2. The van der Waals surface area contributed by atoms with Crippen LogP contribution in [0, 0.1) is 0 Å². The van der Waals surface area contributed by atoms with Crippen LogP contribution in [0.25, 0.3) is 11.4 Å². The number of anilines is 2. The summed E-state index contributed by atoms with van der Waals surface area (Å²) >= 11 is 11.9. The molecular weight excluding hydrogens is 349 g/mol. The molecule has 0 spiro atoms. The molecule has 0 aliphatic carbocycles. The molecule has 0 aliphatic rings. The molecule has 120 valence electrons. The van der Waals surface area contributed by atoms with Crippen molar-refractivity contribution < 1.29 is 4.79 Å². The number of aromatic nitrogens is 3. The zero-order valence-corrected chi connectivity index (χ0v) is 13.7. The van der Waals surface area contributed by atoms with E-state index in [4.69, 9.17) is 28.9 Å². The van der Waals surface area contributed by atoms with E-state index in [1.54, 1.807) is 42.5 Å². The van der Waals surface area contributed by atoms with Crippen molar-refractivity contribution in [3.8, 4) is 11.4 Å². The Morgan fingerprint density at radius 1 is 0.958 bits per heavy atom. The molecule has 0 bridgehead atoms. The van der Waals surface area contributed by atoms with Crippen molar-refractivity contribution in [1.82, 2.24) is 15.0 Å². The SMILES string of the molecule is Nc1nc(NC(=O)c2ccccc2)nc(-c2ccc(Cl)c(Cl)c2)n1. The standard InChI is InChI=1S/C16H11Cl2N5O/c17-11-7-6-10(8-12(11)18)13-20-15(19)23-16(21-13)22-14(24)9-4-2-1-3-5-9/h1-8H,(H3,19,20,21,22,23,24). The average molecular weight is 360 g/mol. The van der Waals surface area contributed by atoms with Gasteiger partial charge in [0.1, 0.15) is 0 Å². The number of hydrogen-bond acceptors (Lipinski definition) is 5. The zero-order chi connectivity index (χ0) is 17.1. The molecule has 6 nitrogen and oxygen atoms in total. The van der Waals surface area contributed by atoms with E-state index in [0.717, 1.165) is 0 Å². The first-order valence-electron chi connectivity index (χ1n) is 6.86. The van der Waals surface area contributed by atoms with E-state index in [0.29, 0.717) is 21.2 Å². The first-order chi connectivity index (χ1) is 11.5. The predicted octanol–water partition coefficient (Wildman–Crippen LogP) is 3.68. The number of benzene rings is 2. The van der Waals surface area contributed by atoms with Gasteiger partial charge in [-0.3, -0.25) is 10.1 Å². The molecule has 2 aromatic carbocycles. The second-order valence-corrected chi connectivity index (χ2v) is 5.60. The summed E-state index contributed by atoms with van der Waals surface area (Å²) in [5.74, 6) is -0.0300. The van der Waals surface area contributed by atoms with Gasteiger partial charge >= 0.3 is 0 Å². The minimum atomic E-state index is -0.346. The topological polar surface area (TPSA) is 93.8 Å². The summed E-state index contributed by atoms with van der Waals surface area (Å²) in [6.45, 7) is 0. The average Bonchev–Trinajstić information content (AvgIpc) is 2.57. The molecule has 1 amide bonds. The fourth-order valence-corrected chi connectivity index (χ4v) is 2.27. The maximum Gasteiger partial charge on any atom is 0.258 e. The summed E-state index contributed by atoms with van der Waals surface area (Å²) in [6.07, 6.45) is 0. The van der Waals surface area contributed by atoms with Gasteiger partial charge in [0, 0.05) is 11.1 Å². The number of nitrogens with zero attached hydrogens (tertiary/aromatic N) is 3. The summed E-state index contributed by atoms with van der Waals surface area (Å²) in [4.78, 5) is 24.4. The molecule has 1 heterocycles. The lowest BCUT2D eigenvalue weighted by Crippen LogP contribution is -2.15. The van der Waals surface area contributed by atoms with E-state index in [9.17, 15) is 4.79 Å². The number of amides is 1. The molecule has 0 unspecified atom stereocenters. The number of rotatable bonds is 3. The normalized spacial score (nSPS) is 10.4. The molecule has 3 aromatic rings. The van der Waals surface area contributed by atoms with Gasteiger partial charge in [-0.1, -0.05) is 41.4 Å². The first-order valence-corrected chi connectivity index (χ1v) is 7.62. The van der Waals surface area contributed by atoms with Gasteiger partial charge in [-0.05, 0) is 30.3 Å². The second-order valence-electron chi connectivity index (χ2n) is 4.79. The Balaban J connectivity index is 1.91. The van der Waals surface area contributed by atoms with Gasteiger partial charge in [0.2, 0.25) is 11.9 Å². The zero-order valence-electron chi connectivity index (χ0n) is 12.2. The summed E-state index contributed by atoms with van der Waals surface area (Å²) in [7, 11) is 0. The van der Waals surface area contributed by atoms with E-state index >= 15 is 0 Å². The minimum absolute atomic E-state index is 0.0190. The molecule has 0 fully saturated rings. The highest BCUT2D eigenvalue weighted by molar-refractivity contribution is 6.42. The van der Waals surface area contributed by atoms with Crippen LogP contribution in [-0.4, -0.2) is 20.9 Å². The predicted molar refractivity (Wildman–Crippen MR) is 94.1 cm³/mol. The lowest BCUT2D eigenvalue weighted by molar-refractivity contribution is 0.102. The highest BCUT2D eigenvalue weighted by atomic mass is 35.5. The van der Waals surface area contributed by atoms with E-state index < -0.39 is 0 Å². The van der Waals surface area contributed by atoms with E-state index in [1.165, 1.54) is 0 Å². The molecule has 0 atom stereocenters. The van der Waals surface area contributed by atoms with Gasteiger partial charge in [-0.15, -0.1) is 0 Å². The summed E-state index contributed by atoms with van der Waals surface area (Å²) in [6, 6.07) is 13.6. The summed E-state index contributed by atoms with van der Waals surface area (Å²) < 4.78 is 0. The smallest absolute Gasteiger partial charge is 0.258 e. The number of nitrogens with two attached hydrogens (primary N) is 1. The number of nitrogen functional groups attached to an aromatic ring is 1. The summed E-state index contributed by atoms with van der Waals surface area (Å²) in [5, 5.41) is 3.38. The molecule has 3 N–H and O–H groups in total. The Bertz CT molecular complexity index is 902. The van der Waals surface area contributed by atoms with E-state index in [-0.39, 0.29) is 23.6 Å². The van der Waals surface area contributed by atoms with Gasteiger partial charge in [0.25, 0.3) is 5.91 Å². The van der Waals surface area contributed by atoms with Crippen LogP contribution >= 0.6 is 23.2 Å². The highest BCUT2D eigenvalue weighted by Crippen LogP contribution is 2.27. The molecule has 0 radical (unpaired) electrons. The van der Waals surface area contributed by atoms with Crippen molar-refractivity contribution in [2.75, 3.05) is 11.1 Å². The molecule has 8 heteroatoms. The third-order valence-corrected chi connectivity index (χ3v) is 3.83. The Morgan fingerprint density at radius 2 is 1.71 bits per heavy atom. The lowest BCUT2D eigenvalue weighted by Gasteiger charge is -2.07. The number of halogens is 2. The molecule has 24 heavy (non-hydrogen) atoms. The van der Waals surface area contributed by atoms with Crippen LogP contribution in [0.4, 0.5) is 11.9 Å². The first kappa shape index (κ1) is 16.2. The van der Waals surface area contributed by atoms with Gasteiger partial charge in [-0.25, -0.2) is 0 Å². The van der Waals surface area contributed by atoms with Gasteiger partial charge in [0.05, 0.1) is 10.0 Å². The quantitative estimate of drug-likeness (QED) is 0.743.